The molecule has 1 aliphatic rings. The van der Waals surface area contributed by atoms with Crippen molar-refractivity contribution in [3.63, 3.8) is 0 Å². The fourth-order valence-electron chi connectivity index (χ4n) is 3.79. The van der Waals surface area contributed by atoms with Crippen LogP contribution in [-0.2, 0) is 4.79 Å². The summed E-state index contributed by atoms with van der Waals surface area (Å²) >= 11 is 0. The zero-order valence-electron chi connectivity index (χ0n) is 18.3. The minimum Gasteiger partial charge on any atom is -0.486 e. The van der Waals surface area contributed by atoms with Gasteiger partial charge in [-0.3, -0.25) is 4.79 Å². The predicted molar refractivity (Wildman–Crippen MR) is 120 cm³/mol. The number of carbonyl (C=O) groups is 1. The number of rotatable bonds is 6. The highest BCUT2D eigenvalue weighted by molar-refractivity contribution is 5.91. The first-order valence-electron chi connectivity index (χ1n) is 10.5. The molecule has 0 aliphatic carbocycles. The minimum absolute atomic E-state index is 0.167. The molecule has 0 saturated heterocycles. The van der Waals surface area contributed by atoms with Crippen molar-refractivity contribution < 1.29 is 14.3 Å². The maximum atomic E-state index is 12.4. The molecule has 1 unspecified atom stereocenters. The van der Waals surface area contributed by atoms with E-state index in [1.54, 1.807) is 6.08 Å². The Morgan fingerprint density at radius 2 is 2.03 bits per heavy atom. The van der Waals surface area contributed by atoms with Gasteiger partial charge in [0.1, 0.15) is 18.5 Å². The molecule has 3 heterocycles. The quantitative estimate of drug-likeness (QED) is 0.615. The number of benzene rings is 1. The molecule has 7 nitrogen and oxygen atoms in total. The van der Waals surface area contributed by atoms with E-state index in [2.05, 4.69) is 41.8 Å². The number of ether oxygens (including phenoxy) is 2. The maximum absolute atomic E-state index is 12.4. The highest BCUT2D eigenvalue weighted by Crippen LogP contribution is 2.30. The summed E-state index contributed by atoms with van der Waals surface area (Å²) in [6.07, 6.45) is 5.00. The van der Waals surface area contributed by atoms with Crippen molar-refractivity contribution >= 4 is 12.0 Å². The summed E-state index contributed by atoms with van der Waals surface area (Å²) in [4.78, 5) is 12.4. The predicted octanol–water partition coefficient (Wildman–Crippen LogP) is 3.84. The summed E-state index contributed by atoms with van der Waals surface area (Å²) in [5.41, 5.74) is 3.14. The smallest absolute Gasteiger partial charge is 0.244 e. The first-order chi connectivity index (χ1) is 14.9. The van der Waals surface area contributed by atoms with Crippen LogP contribution in [0.25, 0.3) is 11.9 Å². The van der Waals surface area contributed by atoms with Crippen molar-refractivity contribution in [3.8, 4) is 17.3 Å². The molecule has 0 bridgehead atoms. The lowest BCUT2D eigenvalue weighted by molar-refractivity contribution is -0.116. The summed E-state index contributed by atoms with van der Waals surface area (Å²) in [5.74, 6) is 2.29. The fourth-order valence-corrected chi connectivity index (χ4v) is 3.79. The zero-order chi connectivity index (χ0) is 22.0. The summed E-state index contributed by atoms with van der Waals surface area (Å²) in [6.45, 7) is 9.11. The Morgan fingerprint density at radius 1 is 1.26 bits per heavy atom. The molecule has 31 heavy (non-hydrogen) atoms. The number of aryl methyl sites for hydroxylation is 1. The largest absolute Gasteiger partial charge is 0.486 e. The van der Waals surface area contributed by atoms with Crippen LogP contribution in [0.2, 0.25) is 0 Å². The Balaban J connectivity index is 1.40. The highest BCUT2D eigenvalue weighted by atomic mass is 16.6. The van der Waals surface area contributed by atoms with Gasteiger partial charge in [-0.2, -0.15) is 5.10 Å². The van der Waals surface area contributed by atoms with Gasteiger partial charge in [0.15, 0.2) is 11.5 Å². The second-order valence-electron chi connectivity index (χ2n) is 7.97. The number of hydrogen-bond donors (Lipinski definition) is 1. The molecule has 4 rings (SSSR count). The van der Waals surface area contributed by atoms with Gasteiger partial charge in [0, 0.05) is 29.6 Å². The van der Waals surface area contributed by atoms with Crippen LogP contribution in [-0.4, -0.2) is 39.5 Å². The third-order valence-electron chi connectivity index (χ3n) is 5.32. The molecule has 0 spiro atoms. The van der Waals surface area contributed by atoms with E-state index in [-0.39, 0.29) is 18.1 Å². The van der Waals surface area contributed by atoms with Crippen molar-refractivity contribution in [2.45, 2.75) is 39.8 Å². The normalized spacial score (nSPS) is 15.6. The van der Waals surface area contributed by atoms with E-state index in [9.17, 15) is 4.79 Å². The molecule has 3 aromatic rings. The van der Waals surface area contributed by atoms with Gasteiger partial charge in [-0.1, -0.05) is 12.1 Å². The van der Waals surface area contributed by atoms with E-state index in [0.29, 0.717) is 18.9 Å². The van der Waals surface area contributed by atoms with Crippen LogP contribution in [0, 0.1) is 13.8 Å². The van der Waals surface area contributed by atoms with Crippen molar-refractivity contribution in [1.29, 1.82) is 0 Å². The van der Waals surface area contributed by atoms with Gasteiger partial charge in [-0.25, -0.2) is 4.68 Å². The monoisotopic (exact) mass is 420 g/mol. The molecule has 162 valence electrons. The molecule has 1 atom stereocenters. The second-order valence-corrected chi connectivity index (χ2v) is 7.97. The van der Waals surface area contributed by atoms with Gasteiger partial charge in [-0.05, 0) is 57.5 Å². The zero-order valence-corrected chi connectivity index (χ0v) is 18.3. The Labute approximate surface area is 182 Å². The number of carbonyl (C=O) groups excluding carboxylic acids is 1. The number of aromatic nitrogens is 3. The lowest BCUT2D eigenvalue weighted by Crippen LogP contribution is -2.40. The SMILES string of the molecule is Cc1cc(/C=C/C(=O)NCC2COc3ccccc3O2)c(C)n1-c1ccnn1C(C)C. The number of para-hydroxylation sites is 2. The van der Waals surface area contributed by atoms with Crippen molar-refractivity contribution in [2.75, 3.05) is 13.2 Å². The molecule has 2 aromatic heterocycles. The molecule has 0 fully saturated rings. The van der Waals surface area contributed by atoms with E-state index < -0.39 is 0 Å². The molecule has 0 radical (unpaired) electrons. The molecule has 0 saturated carbocycles. The Bertz CT molecular complexity index is 1110. The topological polar surface area (TPSA) is 70.3 Å². The van der Waals surface area contributed by atoms with Gasteiger partial charge in [0.05, 0.1) is 12.7 Å². The lowest BCUT2D eigenvalue weighted by atomic mass is 10.2. The van der Waals surface area contributed by atoms with Gasteiger partial charge < -0.3 is 19.4 Å². The highest BCUT2D eigenvalue weighted by Gasteiger charge is 2.20. The van der Waals surface area contributed by atoms with E-state index in [4.69, 9.17) is 9.47 Å². The van der Waals surface area contributed by atoms with Crippen molar-refractivity contribution in [1.82, 2.24) is 19.7 Å². The van der Waals surface area contributed by atoms with Gasteiger partial charge in [-0.15, -0.1) is 0 Å². The van der Waals surface area contributed by atoms with Gasteiger partial charge in [0.25, 0.3) is 0 Å². The first kappa shape index (κ1) is 20.8. The van der Waals surface area contributed by atoms with E-state index in [0.717, 1.165) is 28.5 Å². The molecule has 1 N–H and O–H groups in total. The summed E-state index contributed by atoms with van der Waals surface area (Å²) in [6, 6.07) is 11.9. The summed E-state index contributed by atoms with van der Waals surface area (Å²) < 4.78 is 15.7. The van der Waals surface area contributed by atoms with Crippen LogP contribution in [0.15, 0.2) is 48.7 Å². The standard InChI is InChI=1S/C24H28N4O3/c1-16(2)28-24(11-12-26-28)27-17(3)13-19(18(27)4)9-10-23(29)25-14-20-15-30-21-7-5-6-8-22(21)31-20/h5-13,16,20H,14-15H2,1-4H3,(H,25,29)/b10-9+. The van der Waals surface area contributed by atoms with Crippen molar-refractivity contribution in [3.05, 3.63) is 65.6 Å². The van der Waals surface area contributed by atoms with Crippen LogP contribution < -0.4 is 14.8 Å². The van der Waals surface area contributed by atoms with E-state index >= 15 is 0 Å². The Morgan fingerprint density at radius 3 is 2.81 bits per heavy atom. The number of amides is 1. The molecule has 1 aliphatic heterocycles. The van der Waals surface area contributed by atoms with Gasteiger partial charge >= 0.3 is 0 Å². The minimum atomic E-state index is -0.214. The van der Waals surface area contributed by atoms with Crippen LogP contribution in [0.4, 0.5) is 0 Å². The number of nitrogens with one attached hydrogen (secondary N) is 1. The number of nitrogens with zero attached hydrogens (tertiary/aromatic N) is 3. The summed E-state index contributed by atoms with van der Waals surface area (Å²) in [5, 5.41) is 7.33. The average molecular weight is 421 g/mol. The third-order valence-corrected chi connectivity index (χ3v) is 5.32. The van der Waals surface area contributed by atoms with E-state index in [1.165, 1.54) is 0 Å². The fraction of sp³-hybridized carbons (Fsp3) is 0.333. The molecule has 1 aromatic carbocycles. The molecular formula is C24H28N4O3. The lowest BCUT2D eigenvalue weighted by Gasteiger charge is -2.26. The first-order valence-corrected chi connectivity index (χ1v) is 10.5. The number of fused-ring (bicyclic) bond motifs is 1. The van der Waals surface area contributed by atoms with Crippen LogP contribution in [0.5, 0.6) is 11.5 Å². The summed E-state index contributed by atoms with van der Waals surface area (Å²) in [7, 11) is 0. The van der Waals surface area contributed by atoms with E-state index in [1.807, 2.05) is 54.2 Å². The van der Waals surface area contributed by atoms with Crippen LogP contribution in [0.3, 0.4) is 0 Å². The molecule has 7 heteroatoms. The molecule has 1 amide bonds. The Kier molecular flexibility index (Phi) is 5.84. The van der Waals surface area contributed by atoms with Gasteiger partial charge in [0.2, 0.25) is 5.91 Å². The second kappa shape index (κ2) is 8.71. The third kappa shape index (κ3) is 4.35. The van der Waals surface area contributed by atoms with Crippen LogP contribution in [0.1, 0.15) is 36.8 Å². The van der Waals surface area contributed by atoms with Crippen molar-refractivity contribution in [2.24, 2.45) is 0 Å². The Hall–Kier alpha value is -3.48. The average Bonchev–Trinajstić information content (AvgIpc) is 3.34. The molecular weight excluding hydrogens is 392 g/mol. The van der Waals surface area contributed by atoms with Crippen LogP contribution >= 0.6 is 0 Å². The number of hydrogen-bond acceptors (Lipinski definition) is 4. The maximum Gasteiger partial charge on any atom is 0.244 e.